The Balaban J connectivity index is 1.67. The number of carbonyl (C=O) groups is 1. The van der Waals surface area contributed by atoms with E-state index in [0.717, 1.165) is 10.1 Å². The Hall–Kier alpha value is -2.85. The van der Waals surface area contributed by atoms with Gasteiger partial charge < -0.3 is 19.7 Å². The molecule has 0 atom stereocenters. The fourth-order valence-electron chi connectivity index (χ4n) is 2.58. The van der Waals surface area contributed by atoms with E-state index in [1.807, 2.05) is 19.0 Å². The van der Waals surface area contributed by atoms with Crippen LogP contribution in [0.5, 0.6) is 11.5 Å². The largest absolute Gasteiger partial charge is 0.486 e. The molecular formula is C18H22N4O5S. The third kappa shape index (κ3) is 4.34. The van der Waals surface area contributed by atoms with Gasteiger partial charge in [0.2, 0.25) is 15.9 Å². The summed E-state index contributed by atoms with van der Waals surface area (Å²) in [7, 11) is 1.20. The Bertz CT molecular complexity index is 960. The number of hydrogen-bond donors (Lipinski definition) is 1. The van der Waals surface area contributed by atoms with E-state index in [2.05, 4.69) is 10.3 Å². The van der Waals surface area contributed by atoms with Crippen molar-refractivity contribution in [2.75, 3.05) is 51.1 Å². The van der Waals surface area contributed by atoms with Crippen LogP contribution in [0, 0.1) is 0 Å². The van der Waals surface area contributed by atoms with Crippen LogP contribution in [0.3, 0.4) is 0 Å². The van der Waals surface area contributed by atoms with E-state index in [4.69, 9.17) is 9.47 Å². The van der Waals surface area contributed by atoms with E-state index in [0.29, 0.717) is 30.4 Å². The van der Waals surface area contributed by atoms with E-state index >= 15 is 0 Å². The van der Waals surface area contributed by atoms with Crippen molar-refractivity contribution in [3.05, 3.63) is 36.5 Å². The smallest absolute Gasteiger partial charge is 0.243 e. The zero-order valence-electron chi connectivity index (χ0n) is 15.9. The monoisotopic (exact) mass is 406 g/mol. The number of likely N-dealkylation sites (N-methyl/N-ethyl adjacent to an activating group) is 1. The number of pyridine rings is 1. The van der Waals surface area contributed by atoms with E-state index in [1.165, 1.54) is 25.4 Å². The lowest BCUT2D eigenvalue weighted by Gasteiger charge is -2.21. The van der Waals surface area contributed by atoms with Crippen LogP contribution in [0.1, 0.15) is 0 Å². The van der Waals surface area contributed by atoms with Crippen molar-refractivity contribution in [1.82, 2.24) is 9.29 Å². The third-order valence-electron chi connectivity index (χ3n) is 4.08. The molecule has 3 rings (SSSR count). The van der Waals surface area contributed by atoms with Crippen molar-refractivity contribution in [2.24, 2.45) is 0 Å². The number of nitrogens with one attached hydrogen (secondary N) is 1. The van der Waals surface area contributed by atoms with Crippen molar-refractivity contribution in [3.8, 4) is 11.5 Å². The predicted octanol–water partition coefficient (Wildman–Crippen LogP) is 1.18. The molecule has 1 N–H and O–H groups in total. The second-order valence-electron chi connectivity index (χ2n) is 6.41. The molecule has 0 aliphatic carbocycles. The average Bonchev–Trinajstić information content (AvgIpc) is 2.67. The molecule has 10 heteroatoms. The van der Waals surface area contributed by atoms with Gasteiger partial charge in [-0.3, -0.25) is 4.79 Å². The highest BCUT2D eigenvalue weighted by molar-refractivity contribution is 7.89. The van der Waals surface area contributed by atoms with Crippen LogP contribution >= 0.6 is 0 Å². The molecule has 0 fully saturated rings. The summed E-state index contributed by atoms with van der Waals surface area (Å²) in [4.78, 5) is 18.3. The highest BCUT2D eigenvalue weighted by atomic mass is 32.2. The van der Waals surface area contributed by atoms with Crippen LogP contribution in [0.25, 0.3) is 0 Å². The molecule has 150 valence electrons. The minimum atomic E-state index is -3.86. The molecule has 0 spiro atoms. The molecule has 0 radical (unpaired) electrons. The van der Waals surface area contributed by atoms with Crippen LogP contribution < -0.4 is 19.7 Å². The minimum absolute atomic E-state index is 0.0315. The van der Waals surface area contributed by atoms with Gasteiger partial charge in [-0.1, -0.05) is 0 Å². The van der Waals surface area contributed by atoms with Crippen LogP contribution in [-0.4, -0.2) is 64.5 Å². The molecular weight excluding hydrogens is 384 g/mol. The van der Waals surface area contributed by atoms with Crippen LogP contribution in [0.2, 0.25) is 0 Å². The highest BCUT2D eigenvalue weighted by Crippen LogP contribution is 2.32. The quantitative estimate of drug-likeness (QED) is 0.769. The number of aromatic nitrogens is 1. The Morgan fingerprint density at radius 3 is 2.46 bits per heavy atom. The van der Waals surface area contributed by atoms with Gasteiger partial charge in [0, 0.05) is 27.2 Å². The number of sulfonamides is 1. The molecule has 9 nitrogen and oxygen atoms in total. The number of fused-ring (bicyclic) bond motifs is 1. The van der Waals surface area contributed by atoms with E-state index < -0.39 is 15.9 Å². The molecule has 28 heavy (non-hydrogen) atoms. The zero-order chi connectivity index (χ0) is 20.3. The van der Waals surface area contributed by atoms with Gasteiger partial charge in [-0.25, -0.2) is 13.4 Å². The predicted molar refractivity (Wildman–Crippen MR) is 104 cm³/mol. The first-order valence-electron chi connectivity index (χ1n) is 8.56. The van der Waals surface area contributed by atoms with Gasteiger partial charge in [0.1, 0.15) is 19.0 Å². The second-order valence-corrected chi connectivity index (χ2v) is 8.46. The first kappa shape index (κ1) is 19.9. The Morgan fingerprint density at radius 2 is 1.82 bits per heavy atom. The molecule has 1 aliphatic heterocycles. The van der Waals surface area contributed by atoms with Crippen LogP contribution in [0.15, 0.2) is 41.4 Å². The van der Waals surface area contributed by atoms with E-state index in [9.17, 15) is 13.2 Å². The maximum absolute atomic E-state index is 12.8. The van der Waals surface area contributed by atoms with Crippen molar-refractivity contribution < 1.29 is 22.7 Å². The molecule has 1 amide bonds. The molecule has 0 saturated carbocycles. The third-order valence-corrected chi connectivity index (χ3v) is 5.88. The number of benzene rings is 1. The molecule has 0 unspecified atom stereocenters. The minimum Gasteiger partial charge on any atom is -0.486 e. The lowest BCUT2D eigenvalue weighted by Crippen LogP contribution is -2.35. The van der Waals surface area contributed by atoms with Gasteiger partial charge in [-0.15, -0.1) is 0 Å². The van der Waals surface area contributed by atoms with Gasteiger partial charge in [0.05, 0.1) is 23.3 Å². The average molecular weight is 406 g/mol. The Morgan fingerprint density at radius 1 is 1.11 bits per heavy atom. The normalized spacial score (nSPS) is 13.3. The van der Waals surface area contributed by atoms with Crippen LogP contribution in [0.4, 0.5) is 11.5 Å². The van der Waals surface area contributed by atoms with Crippen molar-refractivity contribution in [3.63, 3.8) is 0 Å². The van der Waals surface area contributed by atoms with Crippen LogP contribution in [-0.2, 0) is 14.8 Å². The first-order chi connectivity index (χ1) is 13.3. The lowest BCUT2D eigenvalue weighted by molar-refractivity contribution is -0.116. The summed E-state index contributed by atoms with van der Waals surface area (Å²) >= 11 is 0. The van der Waals surface area contributed by atoms with Crippen molar-refractivity contribution >= 4 is 27.4 Å². The topological polar surface area (TPSA) is 101 Å². The number of rotatable bonds is 6. The highest BCUT2D eigenvalue weighted by Gasteiger charge is 2.25. The van der Waals surface area contributed by atoms with E-state index in [-0.39, 0.29) is 11.4 Å². The number of carbonyl (C=O) groups excluding carboxylic acids is 1. The number of nitrogens with zero attached hydrogens (tertiary/aromatic N) is 3. The van der Waals surface area contributed by atoms with Gasteiger partial charge in [-0.2, -0.15) is 4.31 Å². The molecule has 1 aromatic heterocycles. The standard InChI is InChI=1S/C18H22N4O5S/c1-21(2)17-7-4-13(11-19-17)20-18(23)12-22(3)28(24,25)14-5-6-15-16(10-14)27-9-8-26-15/h4-7,10-11H,8-9,12H2,1-3H3,(H,20,23). The molecule has 2 heterocycles. The first-order valence-corrected chi connectivity index (χ1v) is 10.0. The Labute approximate surface area is 163 Å². The van der Waals surface area contributed by atoms with Crippen molar-refractivity contribution in [1.29, 1.82) is 0 Å². The maximum atomic E-state index is 12.8. The fourth-order valence-corrected chi connectivity index (χ4v) is 3.72. The zero-order valence-corrected chi connectivity index (χ0v) is 16.7. The summed E-state index contributed by atoms with van der Waals surface area (Å²) in [6.45, 7) is 0.436. The summed E-state index contributed by atoms with van der Waals surface area (Å²) in [6.07, 6.45) is 1.52. The van der Waals surface area contributed by atoms with E-state index in [1.54, 1.807) is 18.2 Å². The number of anilines is 2. The number of ether oxygens (including phenoxy) is 2. The summed E-state index contributed by atoms with van der Waals surface area (Å²) in [5.74, 6) is 1.15. The second kappa shape index (κ2) is 8.03. The molecule has 2 aromatic rings. The fraction of sp³-hybridized carbons (Fsp3) is 0.333. The Kier molecular flexibility index (Phi) is 5.71. The lowest BCUT2D eigenvalue weighted by atomic mass is 10.3. The number of hydrogen-bond acceptors (Lipinski definition) is 7. The summed E-state index contributed by atoms with van der Waals surface area (Å²) in [6, 6.07) is 7.84. The van der Waals surface area contributed by atoms with Crippen molar-refractivity contribution in [2.45, 2.75) is 4.90 Å². The molecule has 0 saturated heterocycles. The maximum Gasteiger partial charge on any atom is 0.243 e. The summed E-state index contributed by atoms with van der Waals surface area (Å²) < 4.78 is 37.3. The van der Waals surface area contributed by atoms with Gasteiger partial charge >= 0.3 is 0 Å². The van der Waals surface area contributed by atoms with Gasteiger partial charge in [0.15, 0.2) is 11.5 Å². The van der Waals surface area contributed by atoms with Gasteiger partial charge in [0.25, 0.3) is 0 Å². The molecule has 1 aliphatic rings. The summed E-state index contributed by atoms with van der Waals surface area (Å²) in [5, 5.41) is 2.64. The molecule has 1 aromatic carbocycles. The SMILES string of the molecule is CN(C)c1ccc(NC(=O)CN(C)S(=O)(=O)c2ccc3c(c2)OCCO3)cn1. The number of amides is 1. The van der Waals surface area contributed by atoms with Gasteiger partial charge in [-0.05, 0) is 24.3 Å². The summed E-state index contributed by atoms with van der Waals surface area (Å²) in [5.41, 5.74) is 0.487. The molecule has 0 bridgehead atoms.